The zero-order valence-corrected chi connectivity index (χ0v) is 15.3. The van der Waals surface area contributed by atoms with Crippen LogP contribution in [0.15, 0.2) is 42.6 Å². The second-order valence-corrected chi connectivity index (χ2v) is 5.88. The number of benzene rings is 2. The van der Waals surface area contributed by atoms with Crippen molar-refractivity contribution in [1.82, 2.24) is 15.2 Å². The molecule has 7 nitrogen and oxygen atoms in total. The molecule has 0 saturated carbocycles. The lowest BCUT2D eigenvalue weighted by molar-refractivity contribution is 0.395. The van der Waals surface area contributed by atoms with Crippen LogP contribution < -0.4 is 20.1 Å². The van der Waals surface area contributed by atoms with Crippen LogP contribution >= 0.6 is 11.6 Å². The molecule has 134 valence electrons. The molecule has 0 aliphatic carbocycles. The van der Waals surface area contributed by atoms with Crippen LogP contribution in [-0.2, 0) is 0 Å². The Morgan fingerprint density at radius 3 is 2.50 bits per heavy atom. The van der Waals surface area contributed by atoms with E-state index in [2.05, 4.69) is 25.8 Å². The average Bonchev–Trinajstić information content (AvgIpc) is 2.65. The van der Waals surface area contributed by atoms with Crippen molar-refractivity contribution in [2.24, 2.45) is 0 Å². The number of aromatic nitrogens is 3. The van der Waals surface area contributed by atoms with Gasteiger partial charge in [-0.2, -0.15) is 10.1 Å². The Labute approximate surface area is 156 Å². The largest absolute Gasteiger partial charge is 0.497 e. The molecule has 0 unspecified atom stereocenters. The first kappa shape index (κ1) is 17.8. The van der Waals surface area contributed by atoms with Gasteiger partial charge in [-0.25, -0.2) is 0 Å². The van der Waals surface area contributed by atoms with Gasteiger partial charge in [0, 0.05) is 16.8 Å². The molecule has 2 N–H and O–H groups in total. The van der Waals surface area contributed by atoms with Crippen LogP contribution in [0.1, 0.15) is 5.56 Å². The summed E-state index contributed by atoms with van der Waals surface area (Å²) < 4.78 is 10.6. The molecule has 3 rings (SSSR count). The van der Waals surface area contributed by atoms with Gasteiger partial charge in [0.15, 0.2) is 5.82 Å². The van der Waals surface area contributed by atoms with Crippen molar-refractivity contribution in [1.29, 1.82) is 0 Å². The SMILES string of the molecule is COc1ccc(Nc2cnnc(Nc3ccc(Cl)cc3C)n2)c(OC)c1. The fourth-order valence-electron chi connectivity index (χ4n) is 2.34. The second kappa shape index (κ2) is 7.88. The average molecular weight is 372 g/mol. The highest BCUT2D eigenvalue weighted by atomic mass is 35.5. The Bertz CT molecular complexity index is 920. The molecule has 0 bridgehead atoms. The van der Waals surface area contributed by atoms with Crippen molar-refractivity contribution < 1.29 is 9.47 Å². The second-order valence-electron chi connectivity index (χ2n) is 5.44. The number of halogens is 1. The third-order valence-electron chi connectivity index (χ3n) is 3.67. The molecule has 0 amide bonds. The number of anilines is 4. The van der Waals surface area contributed by atoms with Crippen LogP contribution in [-0.4, -0.2) is 29.4 Å². The van der Waals surface area contributed by atoms with Gasteiger partial charge in [0.1, 0.15) is 11.5 Å². The van der Waals surface area contributed by atoms with Crippen LogP contribution in [0.4, 0.5) is 23.1 Å². The van der Waals surface area contributed by atoms with Gasteiger partial charge in [-0.05, 0) is 42.8 Å². The molecule has 0 aliphatic rings. The maximum Gasteiger partial charge on any atom is 0.249 e. The predicted molar refractivity (Wildman–Crippen MR) is 102 cm³/mol. The summed E-state index contributed by atoms with van der Waals surface area (Å²) in [5.41, 5.74) is 2.58. The molecule has 0 fully saturated rings. The van der Waals surface area contributed by atoms with Gasteiger partial charge in [-0.3, -0.25) is 0 Å². The summed E-state index contributed by atoms with van der Waals surface area (Å²) in [7, 11) is 3.20. The van der Waals surface area contributed by atoms with Crippen molar-refractivity contribution in [2.75, 3.05) is 24.9 Å². The van der Waals surface area contributed by atoms with Crippen LogP contribution in [0.5, 0.6) is 11.5 Å². The Morgan fingerprint density at radius 1 is 0.962 bits per heavy atom. The first-order valence-electron chi connectivity index (χ1n) is 7.81. The van der Waals surface area contributed by atoms with Gasteiger partial charge in [0.25, 0.3) is 0 Å². The Kier molecular flexibility index (Phi) is 5.38. The monoisotopic (exact) mass is 371 g/mol. The summed E-state index contributed by atoms with van der Waals surface area (Å²) >= 11 is 5.98. The van der Waals surface area contributed by atoms with Crippen molar-refractivity contribution in [3.8, 4) is 11.5 Å². The summed E-state index contributed by atoms with van der Waals surface area (Å²) in [4.78, 5) is 4.43. The van der Waals surface area contributed by atoms with Gasteiger partial charge in [0.2, 0.25) is 5.95 Å². The zero-order chi connectivity index (χ0) is 18.5. The van der Waals surface area contributed by atoms with E-state index in [4.69, 9.17) is 21.1 Å². The first-order valence-corrected chi connectivity index (χ1v) is 8.19. The first-order chi connectivity index (χ1) is 12.6. The molecule has 8 heteroatoms. The summed E-state index contributed by atoms with van der Waals surface area (Å²) in [5.74, 6) is 2.23. The van der Waals surface area contributed by atoms with E-state index in [1.54, 1.807) is 26.4 Å². The quantitative estimate of drug-likeness (QED) is 0.667. The number of ether oxygens (including phenoxy) is 2. The zero-order valence-electron chi connectivity index (χ0n) is 14.6. The molecule has 0 atom stereocenters. The standard InChI is InChI=1S/C18H18ClN5O2/c1-11-8-12(19)4-6-14(11)22-18-23-17(10-20-24-18)21-15-7-5-13(25-2)9-16(15)26-3/h4-10H,1-3H3,(H2,21,22,23,24). The van der Waals surface area contributed by atoms with Gasteiger partial charge in [-0.15, -0.1) is 5.10 Å². The van der Waals surface area contributed by atoms with Crippen LogP contribution in [0.3, 0.4) is 0 Å². The number of aryl methyl sites for hydroxylation is 1. The van der Waals surface area contributed by atoms with E-state index in [-0.39, 0.29) is 0 Å². The van der Waals surface area contributed by atoms with Crippen LogP contribution in [0.25, 0.3) is 0 Å². The summed E-state index contributed by atoms with van der Waals surface area (Å²) in [6.07, 6.45) is 1.53. The highest BCUT2D eigenvalue weighted by molar-refractivity contribution is 6.30. The van der Waals surface area contributed by atoms with Crippen LogP contribution in [0, 0.1) is 6.92 Å². The number of hydrogen-bond donors (Lipinski definition) is 2. The lowest BCUT2D eigenvalue weighted by Gasteiger charge is -2.12. The van der Waals surface area contributed by atoms with E-state index in [9.17, 15) is 0 Å². The molecule has 2 aromatic carbocycles. The number of rotatable bonds is 6. The molecule has 1 heterocycles. The Morgan fingerprint density at radius 2 is 1.77 bits per heavy atom. The molecule has 0 saturated heterocycles. The topological polar surface area (TPSA) is 81.2 Å². The van der Waals surface area contributed by atoms with Gasteiger partial charge in [0.05, 0.1) is 26.1 Å². The van der Waals surface area contributed by atoms with E-state index in [0.717, 1.165) is 16.9 Å². The maximum atomic E-state index is 5.98. The molecular formula is C18H18ClN5O2. The lowest BCUT2D eigenvalue weighted by Crippen LogP contribution is -2.04. The summed E-state index contributed by atoms with van der Waals surface area (Å²) in [6.45, 7) is 1.95. The molecule has 1 aromatic heterocycles. The smallest absolute Gasteiger partial charge is 0.249 e. The van der Waals surface area contributed by atoms with Crippen molar-refractivity contribution in [3.63, 3.8) is 0 Å². The van der Waals surface area contributed by atoms with E-state index >= 15 is 0 Å². The van der Waals surface area contributed by atoms with E-state index in [0.29, 0.717) is 28.3 Å². The molecule has 3 aromatic rings. The highest BCUT2D eigenvalue weighted by Gasteiger charge is 2.08. The molecule has 26 heavy (non-hydrogen) atoms. The third kappa shape index (κ3) is 4.12. The summed E-state index contributed by atoms with van der Waals surface area (Å²) in [6, 6.07) is 11.0. The van der Waals surface area contributed by atoms with Crippen molar-refractivity contribution in [3.05, 3.63) is 53.2 Å². The van der Waals surface area contributed by atoms with Crippen molar-refractivity contribution >= 4 is 34.7 Å². The normalized spacial score (nSPS) is 10.3. The van der Waals surface area contributed by atoms with E-state index < -0.39 is 0 Å². The number of nitrogens with one attached hydrogen (secondary N) is 2. The molecule has 0 spiro atoms. The van der Waals surface area contributed by atoms with Crippen LogP contribution in [0.2, 0.25) is 5.02 Å². The molecule has 0 radical (unpaired) electrons. The van der Waals surface area contributed by atoms with Crippen molar-refractivity contribution in [2.45, 2.75) is 6.92 Å². The highest BCUT2D eigenvalue weighted by Crippen LogP contribution is 2.31. The molecule has 0 aliphatic heterocycles. The summed E-state index contributed by atoms with van der Waals surface area (Å²) in [5, 5.41) is 15.0. The fraction of sp³-hybridized carbons (Fsp3) is 0.167. The predicted octanol–water partition coefficient (Wildman–Crippen LogP) is 4.34. The van der Waals surface area contributed by atoms with E-state index in [1.165, 1.54) is 6.20 Å². The van der Waals surface area contributed by atoms with Gasteiger partial charge >= 0.3 is 0 Å². The molecular weight excluding hydrogens is 354 g/mol. The Hall–Kier alpha value is -3.06. The minimum absolute atomic E-state index is 0.368. The number of methoxy groups -OCH3 is 2. The fourth-order valence-corrected chi connectivity index (χ4v) is 2.57. The number of nitrogens with zero attached hydrogens (tertiary/aromatic N) is 3. The number of hydrogen-bond acceptors (Lipinski definition) is 7. The van der Waals surface area contributed by atoms with E-state index in [1.807, 2.05) is 31.2 Å². The Balaban J connectivity index is 1.81. The maximum absolute atomic E-state index is 5.98. The minimum atomic E-state index is 0.368. The third-order valence-corrected chi connectivity index (χ3v) is 3.90. The van der Waals surface area contributed by atoms with Gasteiger partial charge in [-0.1, -0.05) is 11.6 Å². The van der Waals surface area contributed by atoms with Gasteiger partial charge < -0.3 is 20.1 Å². The lowest BCUT2D eigenvalue weighted by atomic mass is 10.2. The minimum Gasteiger partial charge on any atom is -0.497 e.